The Labute approximate surface area is 116 Å². The molecule has 1 atom stereocenters. The summed E-state index contributed by atoms with van der Waals surface area (Å²) in [6.07, 6.45) is 0.609. The van der Waals surface area contributed by atoms with Crippen molar-refractivity contribution in [2.75, 3.05) is 25.9 Å². The van der Waals surface area contributed by atoms with Crippen molar-refractivity contribution in [3.8, 4) is 0 Å². The van der Waals surface area contributed by atoms with E-state index in [0.717, 1.165) is 0 Å². The molecule has 2 N–H and O–H groups in total. The summed E-state index contributed by atoms with van der Waals surface area (Å²) >= 11 is 6.00. The lowest BCUT2D eigenvalue weighted by Gasteiger charge is -2.17. The number of carbonyl (C=O) groups excluding carboxylic acids is 2. The molecule has 1 aliphatic heterocycles. The van der Waals surface area contributed by atoms with E-state index in [4.69, 9.17) is 17.3 Å². The number of esters is 1. The third-order valence-electron chi connectivity index (χ3n) is 3.23. The van der Waals surface area contributed by atoms with Gasteiger partial charge in [0, 0.05) is 18.8 Å². The van der Waals surface area contributed by atoms with Crippen LogP contribution in [0.1, 0.15) is 16.8 Å². The van der Waals surface area contributed by atoms with Crippen molar-refractivity contribution in [3.05, 3.63) is 28.8 Å². The quantitative estimate of drug-likeness (QED) is 0.660. The zero-order chi connectivity index (χ0) is 14.0. The number of likely N-dealkylation sites (tertiary alicyclic amines) is 1. The van der Waals surface area contributed by atoms with Gasteiger partial charge in [-0.2, -0.15) is 0 Å². The fourth-order valence-corrected chi connectivity index (χ4v) is 2.38. The van der Waals surface area contributed by atoms with Gasteiger partial charge in [0.05, 0.1) is 23.6 Å². The van der Waals surface area contributed by atoms with Crippen LogP contribution in [0.5, 0.6) is 0 Å². The molecule has 0 radical (unpaired) electrons. The minimum Gasteiger partial charge on any atom is -0.469 e. The molecule has 0 saturated carbocycles. The van der Waals surface area contributed by atoms with E-state index >= 15 is 0 Å². The number of methoxy groups -OCH3 is 1. The SMILES string of the molecule is COC(=O)C1CCN(C(=O)c2cc(N)ccc2Cl)C1. The Kier molecular flexibility index (Phi) is 3.95. The Bertz CT molecular complexity index is 519. The maximum atomic E-state index is 12.3. The molecule has 0 spiro atoms. The predicted molar refractivity (Wildman–Crippen MR) is 71.9 cm³/mol. The monoisotopic (exact) mass is 282 g/mol. The van der Waals surface area contributed by atoms with Crippen LogP contribution in [-0.4, -0.2) is 37.0 Å². The molecule has 1 heterocycles. The van der Waals surface area contributed by atoms with Crippen LogP contribution in [0.25, 0.3) is 0 Å². The number of benzene rings is 1. The van der Waals surface area contributed by atoms with Gasteiger partial charge in [0.25, 0.3) is 5.91 Å². The van der Waals surface area contributed by atoms with Crippen LogP contribution in [0.2, 0.25) is 5.02 Å². The van der Waals surface area contributed by atoms with Gasteiger partial charge >= 0.3 is 5.97 Å². The van der Waals surface area contributed by atoms with E-state index in [0.29, 0.717) is 35.8 Å². The summed E-state index contributed by atoms with van der Waals surface area (Å²) in [7, 11) is 1.35. The van der Waals surface area contributed by atoms with Crippen molar-refractivity contribution in [2.45, 2.75) is 6.42 Å². The molecule has 19 heavy (non-hydrogen) atoms. The summed E-state index contributed by atoms with van der Waals surface area (Å²) in [5.41, 5.74) is 6.51. The molecule has 1 amide bonds. The van der Waals surface area contributed by atoms with Gasteiger partial charge in [0.15, 0.2) is 0 Å². The topological polar surface area (TPSA) is 72.6 Å². The molecule has 0 bridgehead atoms. The van der Waals surface area contributed by atoms with E-state index in [-0.39, 0.29) is 17.8 Å². The lowest BCUT2D eigenvalue weighted by molar-refractivity contribution is -0.144. The third-order valence-corrected chi connectivity index (χ3v) is 3.56. The van der Waals surface area contributed by atoms with E-state index in [1.165, 1.54) is 7.11 Å². The zero-order valence-electron chi connectivity index (χ0n) is 10.6. The van der Waals surface area contributed by atoms with Crippen LogP contribution in [0.15, 0.2) is 18.2 Å². The van der Waals surface area contributed by atoms with Crippen molar-refractivity contribution in [3.63, 3.8) is 0 Å². The molecule has 1 saturated heterocycles. The normalized spacial score (nSPS) is 18.4. The second-order valence-electron chi connectivity index (χ2n) is 4.50. The first-order chi connectivity index (χ1) is 9.02. The van der Waals surface area contributed by atoms with Crippen LogP contribution in [-0.2, 0) is 9.53 Å². The minimum atomic E-state index is -0.283. The standard InChI is InChI=1S/C13H15ClN2O3/c1-19-13(18)8-4-5-16(7-8)12(17)10-6-9(15)2-3-11(10)14/h2-3,6,8H,4-5,7,15H2,1H3. The van der Waals surface area contributed by atoms with Crippen molar-refractivity contribution in [2.24, 2.45) is 5.92 Å². The summed E-state index contributed by atoms with van der Waals surface area (Å²) in [6.45, 7) is 0.875. The van der Waals surface area contributed by atoms with E-state index in [2.05, 4.69) is 4.74 Å². The molecule has 1 fully saturated rings. The summed E-state index contributed by atoms with van der Waals surface area (Å²) in [5, 5.41) is 0.362. The summed E-state index contributed by atoms with van der Waals surface area (Å²) in [4.78, 5) is 25.3. The molecule has 102 valence electrons. The highest BCUT2D eigenvalue weighted by molar-refractivity contribution is 6.34. The number of ether oxygens (including phenoxy) is 1. The maximum absolute atomic E-state index is 12.3. The summed E-state index contributed by atoms with van der Waals surface area (Å²) in [6, 6.07) is 4.79. The number of carbonyl (C=O) groups is 2. The first-order valence-electron chi connectivity index (χ1n) is 5.95. The molecule has 0 aromatic heterocycles. The molecular formula is C13H15ClN2O3. The van der Waals surface area contributed by atoms with Gasteiger partial charge in [-0.3, -0.25) is 9.59 Å². The first-order valence-corrected chi connectivity index (χ1v) is 6.33. The second-order valence-corrected chi connectivity index (χ2v) is 4.91. The molecule has 5 nitrogen and oxygen atoms in total. The number of hydrogen-bond donors (Lipinski definition) is 1. The van der Waals surface area contributed by atoms with E-state index < -0.39 is 0 Å². The van der Waals surface area contributed by atoms with Crippen LogP contribution in [0.4, 0.5) is 5.69 Å². The highest BCUT2D eigenvalue weighted by Crippen LogP contribution is 2.24. The van der Waals surface area contributed by atoms with Crippen molar-refractivity contribution >= 4 is 29.2 Å². The van der Waals surface area contributed by atoms with E-state index in [9.17, 15) is 9.59 Å². The van der Waals surface area contributed by atoms with Crippen molar-refractivity contribution in [1.82, 2.24) is 4.90 Å². The number of halogens is 1. The predicted octanol–water partition coefficient (Wildman–Crippen LogP) is 1.56. The smallest absolute Gasteiger partial charge is 0.310 e. The fourth-order valence-electron chi connectivity index (χ4n) is 2.18. The van der Waals surface area contributed by atoms with Crippen molar-refractivity contribution in [1.29, 1.82) is 0 Å². The molecule has 1 aromatic carbocycles. The van der Waals surface area contributed by atoms with Gasteiger partial charge in [0.1, 0.15) is 0 Å². The van der Waals surface area contributed by atoms with Crippen LogP contribution < -0.4 is 5.73 Å². The Balaban J connectivity index is 2.13. The number of anilines is 1. The lowest BCUT2D eigenvalue weighted by Crippen LogP contribution is -2.30. The molecule has 1 aliphatic rings. The Morgan fingerprint density at radius 1 is 1.47 bits per heavy atom. The van der Waals surface area contributed by atoms with Crippen molar-refractivity contribution < 1.29 is 14.3 Å². The molecule has 6 heteroatoms. The second kappa shape index (κ2) is 5.48. The van der Waals surface area contributed by atoms with Crippen LogP contribution in [0, 0.1) is 5.92 Å². The Hall–Kier alpha value is -1.75. The number of hydrogen-bond acceptors (Lipinski definition) is 4. The highest BCUT2D eigenvalue weighted by Gasteiger charge is 2.32. The van der Waals surface area contributed by atoms with E-state index in [1.807, 2.05) is 0 Å². The third kappa shape index (κ3) is 2.81. The van der Waals surface area contributed by atoms with Crippen LogP contribution in [0.3, 0.4) is 0 Å². The molecule has 1 unspecified atom stereocenters. The lowest BCUT2D eigenvalue weighted by atomic mass is 10.1. The molecule has 1 aromatic rings. The number of nitrogen functional groups attached to an aromatic ring is 1. The van der Waals surface area contributed by atoms with Crippen LogP contribution >= 0.6 is 11.6 Å². The highest BCUT2D eigenvalue weighted by atomic mass is 35.5. The minimum absolute atomic E-state index is 0.205. The molecular weight excluding hydrogens is 268 g/mol. The van der Waals surface area contributed by atoms with Gasteiger partial charge in [-0.25, -0.2) is 0 Å². The number of amides is 1. The van der Waals surface area contributed by atoms with Gasteiger partial charge in [-0.05, 0) is 24.6 Å². The number of rotatable bonds is 2. The Morgan fingerprint density at radius 3 is 2.89 bits per heavy atom. The van der Waals surface area contributed by atoms with Gasteiger partial charge in [-0.15, -0.1) is 0 Å². The Morgan fingerprint density at radius 2 is 2.21 bits per heavy atom. The number of nitrogens with two attached hydrogens (primary N) is 1. The average Bonchev–Trinajstić information content (AvgIpc) is 2.89. The summed E-state index contributed by atoms with van der Waals surface area (Å²) < 4.78 is 4.69. The molecule has 2 rings (SSSR count). The maximum Gasteiger partial charge on any atom is 0.310 e. The fraction of sp³-hybridized carbons (Fsp3) is 0.385. The summed E-state index contributed by atoms with van der Waals surface area (Å²) in [5.74, 6) is -0.744. The van der Waals surface area contributed by atoms with Gasteiger partial charge in [-0.1, -0.05) is 11.6 Å². The zero-order valence-corrected chi connectivity index (χ0v) is 11.3. The van der Waals surface area contributed by atoms with Gasteiger partial charge < -0.3 is 15.4 Å². The van der Waals surface area contributed by atoms with Gasteiger partial charge in [0.2, 0.25) is 0 Å². The molecule has 0 aliphatic carbocycles. The average molecular weight is 283 g/mol. The van der Waals surface area contributed by atoms with E-state index in [1.54, 1.807) is 23.1 Å². The first kappa shape index (κ1) is 13.7. The largest absolute Gasteiger partial charge is 0.469 e. The number of nitrogens with zero attached hydrogens (tertiary/aromatic N) is 1.